The number of benzene rings is 1. The maximum atomic E-state index is 12.9. The summed E-state index contributed by atoms with van der Waals surface area (Å²) in [6, 6.07) is 13.9. The SMILES string of the molecule is Cc1cc(C)n(-c2ccc(N3CCN(C(=O)c4ccc(C(C)(C)C)cc4)CC3)nn2)n1. The molecular weight excluding hydrogens is 388 g/mol. The van der Waals surface area contributed by atoms with Crippen LogP contribution in [0.1, 0.15) is 48.1 Å². The molecule has 1 aliphatic heterocycles. The normalized spacial score (nSPS) is 14.7. The van der Waals surface area contributed by atoms with Crippen LogP contribution in [0, 0.1) is 13.8 Å². The molecule has 1 saturated heterocycles. The number of aromatic nitrogens is 4. The molecule has 7 nitrogen and oxygen atoms in total. The van der Waals surface area contributed by atoms with Gasteiger partial charge in [0.25, 0.3) is 5.91 Å². The fraction of sp³-hybridized carbons (Fsp3) is 0.417. The van der Waals surface area contributed by atoms with Crippen molar-refractivity contribution in [1.82, 2.24) is 24.9 Å². The second kappa shape index (κ2) is 8.13. The van der Waals surface area contributed by atoms with Crippen LogP contribution >= 0.6 is 0 Å². The highest BCUT2D eigenvalue weighted by atomic mass is 16.2. The summed E-state index contributed by atoms with van der Waals surface area (Å²) in [6.07, 6.45) is 0. The Morgan fingerprint density at radius 1 is 0.871 bits per heavy atom. The third kappa shape index (κ3) is 4.45. The van der Waals surface area contributed by atoms with Gasteiger partial charge in [0.2, 0.25) is 0 Å². The summed E-state index contributed by atoms with van der Waals surface area (Å²) in [4.78, 5) is 17.0. The average molecular weight is 419 g/mol. The fourth-order valence-corrected chi connectivity index (χ4v) is 3.89. The Hall–Kier alpha value is -3.22. The van der Waals surface area contributed by atoms with Crippen LogP contribution in [0.5, 0.6) is 0 Å². The predicted octanol–water partition coefficient (Wildman–Crippen LogP) is 3.54. The second-order valence-electron chi connectivity index (χ2n) is 9.20. The van der Waals surface area contributed by atoms with Crippen molar-refractivity contribution in [2.24, 2.45) is 0 Å². The Morgan fingerprint density at radius 2 is 1.48 bits per heavy atom. The highest BCUT2D eigenvalue weighted by Gasteiger charge is 2.24. The smallest absolute Gasteiger partial charge is 0.253 e. The summed E-state index contributed by atoms with van der Waals surface area (Å²) < 4.78 is 1.80. The van der Waals surface area contributed by atoms with E-state index in [9.17, 15) is 4.79 Å². The first kappa shape index (κ1) is 21.0. The molecule has 4 rings (SSSR count). The van der Waals surface area contributed by atoms with Gasteiger partial charge in [-0.3, -0.25) is 4.79 Å². The Balaban J connectivity index is 1.38. The standard InChI is InChI=1S/C24H30N6O/c1-17-16-18(2)30(27-17)22-11-10-21(25-26-22)28-12-14-29(15-13-28)23(31)19-6-8-20(9-7-19)24(3,4)5/h6-11,16H,12-15H2,1-5H3. The van der Waals surface area contributed by atoms with Crippen LogP contribution in [0.4, 0.5) is 5.82 Å². The number of hydrogen-bond donors (Lipinski definition) is 0. The van der Waals surface area contributed by atoms with E-state index < -0.39 is 0 Å². The summed E-state index contributed by atoms with van der Waals surface area (Å²) >= 11 is 0. The van der Waals surface area contributed by atoms with E-state index in [1.807, 2.05) is 49.1 Å². The van der Waals surface area contributed by atoms with Gasteiger partial charge in [0.05, 0.1) is 5.69 Å². The number of carbonyl (C=O) groups excluding carboxylic acids is 1. The van der Waals surface area contributed by atoms with E-state index in [-0.39, 0.29) is 11.3 Å². The quantitative estimate of drug-likeness (QED) is 0.651. The van der Waals surface area contributed by atoms with Crippen LogP contribution < -0.4 is 4.90 Å². The van der Waals surface area contributed by atoms with Gasteiger partial charge < -0.3 is 9.80 Å². The zero-order valence-electron chi connectivity index (χ0n) is 19.0. The molecule has 0 atom stereocenters. The van der Waals surface area contributed by atoms with E-state index in [1.54, 1.807) is 4.68 Å². The summed E-state index contributed by atoms with van der Waals surface area (Å²) in [7, 11) is 0. The maximum Gasteiger partial charge on any atom is 0.253 e. The van der Waals surface area contributed by atoms with Crippen LogP contribution in [0.15, 0.2) is 42.5 Å². The molecule has 7 heteroatoms. The van der Waals surface area contributed by atoms with Gasteiger partial charge in [0, 0.05) is 37.4 Å². The van der Waals surface area contributed by atoms with Gasteiger partial charge >= 0.3 is 0 Å². The molecule has 1 aromatic carbocycles. The van der Waals surface area contributed by atoms with Crippen LogP contribution in [0.25, 0.3) is 5.82 Å². The van der Waals surface area contributed by atoms with Gasteiger partial charge in [-0.1, -0.05) is 32.9 Å². The average Bonchev–Trinajstić information content (AvgIpc) is 3.11. The second-order valence-corrected chi connectivity index (χ2v) is 9.20. The Morgan fingerprint density at radius 3 is 2.00 bits per heavy atom. The van der Waals surface area contributed by atoms with E-state index in [4.69, 9.17) is 0 Å². The molecule has 3 aromatic rings. The lowest BCUT2D eigenvalue weighted by atomic mass is 9.86. The summed E-state index contributed by atoms with van der Waals surface area (Å²) in [6.45, 7) is 13.3. The highest BCUT2D eigenvalue weighted by molar-refractivity contribution is 5.94. The van der Waals surface area contributed by atoms with Crippen molar-refractivity contribution in [2.75, 3.05) is 31.1 Å². The number of carbonyl (C=O) groups is 1. The van der Waals surface area contributed by atoms with Gasteiger partial charge in [-0.25, -0.2) is 4.68 Å². The number of piperazine rings is 1. The van der Waals surface area contributed by atoms with Crippen molar-refractivity contribution in [1.29, 1.82) is 0 Å². The lowest BCUT2D eigenvalue weighted by Crippen LogP contribution is -2.49. The van der Waals surface area contributed by atoms with Gasteiger partial charge in [0.15, 0.2) is 11.6 Å². The largest absolute Gasteiger partial charge is 0.352 e. The molecule has 0 bridgehead atoms. The first-order valence-corrected chi connectivity index (χ1v) is 10.7. The first-order chi connectivity index (χ1) is 14.7. The zero-order chi connectivity index (χ0) is 22.2. The number of nitrogens with zero attached hydrogens (tertiary/aromatic N) is 6. The lowest BCUT2D eigenvalue weighted by molar-refractivity contribution is 0.0746. The van der Waals surface area contributed by atoms with Gasteiger partial charge in [0.1, 0.15) is 0 Å². The third-order valence-electron chi connectivity index (χ3n) is 5.75. The number of rotatable bonds is 3. The van der Waals surface area contributed by atoms with Crippen LogP contribution in [-0.2, 0) is 5.41 Å². The van der Waals surface area contributed by atoms with Crippen LogP contribution in [-0.4, -0.2) is 57.0 Å². The van der Waals surface area contributed by atoms with E-state index in [0.717, 1.165) is 35.9 Å². The van der Waals surface area contributed by atoms with Crippen molar-refractivity contribution >= 4 is 11.7 Å². The number of hydrogen-bond acceptors (Lipinski definition) is 5. The van der Waals surface area contributed by atoms with Crippen molar-refractivity contribution < 1.29 is 4.79 Å². The van der Waals surface area contributed by atoms with Gasteiger partial charge in [-0.2, -0.15) is 5.10 Å². The minimum atomic E-state index is 0.0821. The molecule has 0 aliphatic carbocycles. The van der Waals surface area contributed by atoms with Crippen molar-refractivity contribution in [3.8, 4) is 5.82 Å². The van der Waals surface area contributed by atoms with E-state index >= 15 is 0 Å². The molecular formula is C24H30N6O. The molecule has 1 aliphatic rings. The van der Waals surface area contributed by atoms with Crippen molar-refractivity contribution in [3.05, 3.63) is 65.0 Å². The molecule has 2 aromatic heterocycles. The molecule has 1 amide bonds. The lowest BCUT2D eigenvalue weighted by Gasteiger charge is -2.35. The summed E-state index contributed by atoms with van der Waals surface area (Å²) in [5.74, 6) is 1.62. The molecule has 0 unspecified atom stereocenters. The summed E-state index contributed by atoms with van der Waals surface area (Å²) in [5.41, 5.74) is 4.05. The van der Waals surface area contributed by atoms with Crippen molar-refractivity contribution in [2.45, 2.75) is 40.0 Å². The minimum absolute atomic E-state index is 0.0821. The zero-order valence-corrected chi connectivity index (χ0v) is 19.0. The monoisotopic (exact) mass is 418 g/mol. The molecule has 0 radical (unpaired) electrons. The van der Waals surface area contributed by atoms with E-state index in [2.05, 4.69) is 53.1 Å². The molecule has 0 N–H and O–H groups in total. The van der Waals surface area contributed by atoms with Gasteiger partial charge in [-0.05, 0) is 55.2 Å². The number of aryl methyl sites for hydroxylation is 2. The number of amides is 1. The Kier molecular flexibility index (Phi) is 5.52. The first-order valence-electron chi connectivity index (χ1n) is 10.7. The molecule has 162 valence electrons. The minimum Gasteiger partial charge on any atom is -0.352 e. The Bertz CT molecular complexity index is 1050. The maximum absolute atomic E-state index is 12.9. The molecule has 1 fully saturated rings. The van der Waals surface area contributed by atoms with E-state index in [1.165, 1.54) is 5.56 Å². The van der Waals surface area contributed by atoms with E-state index in [0.29, 0.717) is 18.9 Å². The van der Waals surface area contributed by atoms with Crippen LogP contribution in [0.3, 0.4) is 0 Å². The van der Waals surface area contributed by atoms with Gasteiger partial charge in [-0.15, -0.1) is 10.2 Å². The fourth-order valence-electron chi connectivity index (χ4n) is 3.89. The van der Waals surface area contributed by atoms with Crippen LogP contribution in [0.2, 0.25) is 0 Å². The van der Waals surface area contributed by atoms with Crippen molar-refractivity contribution in [3.63, 3.8) is 0 Å². The topological polar surface area (TPSA) is 67.2 Å². The third-order valence-corrected chi connectivity index (χ3v) is 5.75. The molecule has 0 spiro atoms. The predicted molar refractivity (Wildman–Crippen MR) is 122 cm³/mol. The highest BCUT2D eigenvalue weighted by Crippen LogP contribution is 2.23. The molecule has 31 heavy (non-hydrogen) atoms. The Labute approximate surface area is 183 Å². The summed E-state index contributed by atoms with van der Waals surface area (Å²) in [5, 5.41) is 13.2. The molecule has 0 saturated carbocycles. The molecule has 3 heterocycles. The number of anilines is 1.